The van der Waals surface area contributed by atoms with Gasteiger partial charge in [-0.3, -0.25) is 0 Å². The van der Waals surface area contributed by atoms with E-state index in [2.05, 4.69) is 39.0 Å². The normalized spacial score (nSPS) is 19.2. The molecule has 0 spiro atoms. The van der Waals surface area contributed by atoms with Gasteiger partial charge in [-0.2, -0.15) is 0 Å². The molecule has 1 aliphatic rings. The zero-order valence-electron chi connectivity index (χ0n) is 7.85. The first kappa shape index (κ1) is 7.81. The summed E-state index contributed by atoms with van der Waals surface area (Å²) in [5.74, 6) is 0. The highest BCUT2D eigenvalue weighted by Crippen LogP contribution is 2.37. The van der Waals surface area contributed by atoms with E-state index in [9.17, 15) is 0 Å². The molecule has 0 saturated carbocycles. The van der Waals surface area contributed by atoms with E-state index < -0.39 is 0 Å². The minimum atomic E-state index is -0.0827. The maximum Gasteiger partial charge on any atom is 0.0885 e. The first-order chi connectivity index (χ1) is 5.61. The summed E-state index contributed by atoms with van der Waals surface area (Å²) in [5.41, 5.74) is 3.99. The average molecular weight is 162 g/mol. The Morgan fingerprint density at radius 2 is 2.08 bits per heavy atom. The fourth-order valence-corrected chi connectivity index (χ4v) is 2.04. The molecule has 0 fully saturated rings. The van der Waals surface area contributed by atoms with Crippen LogP contribution in [-0.4, -0.2) is 0 Å². The van der Waals surface area contributed by atoms with Crippen molar-refractivity contribution in [2.45, 2.75) is 33.0 Å². The summed E-state index contributed by atoms with van der Waals surface area (Å²) in [6.45, 7) is 7.18. The highest BCUT2D eigenvalue weighted by Gasteiger charge is 2.31. The van der Waals surface area contributed by atoms with Crippen LogP contribution in [0.1, 0.15) is 30.5 Å². The highest BCUT2D eigenvalue weighted by molar-refractivity contribution is 5.40. The van der Waals surface area contributed by atoms with E-state index in [1.807, 2.05) is 0 Å². The van der Waals surface area contributed by atoms with E-state index >= 15 is 0 Å². The van der Waals surface area contributed by atoms with Crippen molar-refractivity contribution in [2.75, 3.05) is 0 Å². The van der Waals surface area contributed by atoms with E-state index in [-0.39, 0.29) is 5.60 Å². The van der Waals surface area contributed by atoms with Gasteiger partial charge in [0.2, 0.25) is 0 Å². The summed E-state index contributed by atoms with van der Waals surface area (Å²) in [6.07, 6.45) is 0. The van der Waals surface area contributed by atoms with Crippen LogP contribution in [0.3, 0.4) is 0 Å². The van der Waals surface area contributed by atoms with Gasteiger partial charge in [0.1, 0.15) is 0 Å². The number of hydrogen-bond acceptors (Lipinski definition) is 1. The summed E-state index contributed by atoms with van der Waals surface area (Å²) >= 11 is 0. The second-order valence-corrected chi connectivity index (χ2v) is 3.91. The summed E-state index contributed by atoms with van der Waals surface area (Å²) < 4.78 is 5.69. The Bertz CT molecular complexity index is 313. The molecule has 0 N–H and O–H groups in total. The molecule has 0 bridgehead atoms. The lowest BCUT2D eigenvalue weighted by molar-refractivity contribution is -0.00818. The molecule has 0 atom stereocenters. The molecule has 1 aromatic rings. The van der Waals surface area contributed by atoms with Gasteiger partial charge in [0, 0.05) is 0 Å². The first-order valence-corrected chi connectivity index (χ1v) is 4.34. The van der Waals surface area contributed by atoms with Crippen molar-refractivity contribution in [3.05, 3.63) is 34.9 Å². The zero-order chi connectivity index (χ0) is 8.77. The van der Waals surface area contributed by atoms with Gasteiger partial charge in [-0.15, -0.1) is 0 Å². The molecule has 12 heavy (non-hydrogen) atoms. The highest BCUT2D eigenvalue weighted by atomic mass is 16.5. The first-order valence-electron chi connectivity index (χ1n) is 4.34. The van der Waals surface area contributed by atoms with Gasteiger partial charge in [0.15, 0.2) is 0 Å². The summed E-state index contributed by atoms with van der Waals surface area (Å²) in [7, 11) is 0. The number of ether oxygens (including phenoxy) is 1. The summed E-state index contributed by atoms with van der Waals surface area (Å²) in [6, 6.07) is 6.39. The van der Waals surface area contributed by atoms with Gasteiger partial charge in [0.25, 0.3) is 0 Å². The van der Waals surface area contributed by atoms with E-state index in [1.165, 1.54) is 16.7 Å². The smallest absolute Gasteiger partial charge is 0.0885 e. The predicted octanol–water partition coefficient (Wildman–Crippen LogP) is 2.76. The molecule has 64 valence electrons. The summed E-state index contributed by atoms with van der Waals surface area (Å²) in [4.78, 5) is 0. The zero-order valence-corrected chi connectivity index (χ0v) is 7.85. The molecular formula is C11H14O. The van der Waals surface area contributed by atoms with Crippen molar-refractivity contribution in [3.8, 4) is 0 Å². The molecule has 0 amide bonds. The molecule has 1 nitrogen and oxygen atoms in total. The van der Waals surface area contributed by atoms with Gasteiger partial charge in [0.05, 0.1) is 12.2 Å². The Morgan fingerprint density at radius 1 is 1.33 bits per heavy atom. The maximum atomic E-state index is 5.69. The lowest BCUT2D eigenvalue weighted by Crippen LogP contribution is -2.15. The van der Waals surface area contributed by atoms with Crippen molar-refractivity contribution < 1.29 is 4.74 Å². The topological polar surface area (TPSA) is 9.23 Å². The quantitative estimate of drug-likeness (QED) is 0.570. The fraction of sp³-hybridized carbons (Fsp3) is 0.455. The number of benzene rings is 1. The molecule has 0 saturated heterocycles. The summed E-state index contributed by atoms with van der Waals surface area (Å²) in [5, 5.41) is 0. The van der Waals surface area contributed by atoms with Gasteiger partial charge >= 0.3 is 0 Å². The molecule has 1 aliphatic heterocycles. The minimum Gasteiger partial charge on any atom is -0.366 e. The van der Waals surface area contributed by atoms with E-state index in [1.54, 1.807) is 0 Å². The molecule has 1 aromatic carbocycles. The Labute approximate surface area is 73.4 Å². The van der Waals surface area contributed by atoms with Crippen LogP contribution in [0.25, 0.3) is 0 Å². The standard InChI is InChI=1S/C11H14O/c1-8-5-4-6-9-7-12-11(2,3)10(8)9/h4-6H,7H2,1-3H3. The molecule has 1 heteroatoms. The van der Waals surface area contributed by atoms with E-state index in [4.69, 9.17) is 4.74 Å². The van der Waals surface area contributed by atoms with Gasteiger partial charge in [-0.05, 0) is 37.5 Å². The van der Waals surface area contributed by atoms with Crippen molar-refractivity contribution in [1.82, 2.24) is 0 Å². The molecule has 0 aliphatic carbocycles. The fourth-order valence-electron chi connectivity index (χ4n) is 2.04. The SMILES string of the molecule is Cc1cccc2c1C(C)(C)OC2. The molecular weight excluding hydrogens is 148 g/mol. The molecule has 2 rings (SSSR count). The monoisotopic (exact) mass is 162 g/mol. The molecule has 0 aromatic heterocycles. The second-order valence-electron chi connectivity index (χ2n) is 3.91. The van der Waals surface area contributed by atoms with Crippen LogP contribution < -0.4 is 0 Å². The Hall–Kier alpha value is -0.820. The number of aryl methyl sites for hydroxylation is 1. The average Bonchev–Trinajstić information content (AvgIpc) is 2.29. The minimum absolute atomic E-state index is 0.0827. The van der Waals surface area contributed by atoms with Crippen LogP contribution in [0.15, 0.2) is 18.2 Å². The van der Waals surface area contributed by atoms with Crippen LogP contribution in [0, 0.1) is 6.92 Å². The number of rotatable bonds is 0. The van der Waals surface area contributed by atoms with Gasteiger partial charge in [-0.1, -0.05) is 18.2 Å². The third-order valence-corrected chi connectivity index (χ3v) is 2.55. The number of hydrogen-bond donors (Lipinski definition) is 0. The van der Waals surface area contributed by atoms with Crippen LogP contribution in [0.5, 0.6) is 0 Å². The van der Waals surface area contributed by atoms with Crippen LogP contribution in [0.2, 0.25) is 0 Å². The lowest BCUT2D eigenvalue weighted by atomic mass is 9.92. The molecule has 0 radical (unpaired) electrons. The third-order valence-electron chi connectivity index (χ3n) is 2.55. The Kier molecular flexibility index (Phi) is 1.52. The number of fused-ring (bicyclic) bond motifs is 1. The van der Waals surface area contributed by atoms with Crippen molar-refractivity contribution in [2.24, 2.45) is 0 Å². The second kappa shape index (κ2) is 2.33. The van der Waals surface area contributed by atoms with Crippen molar-refractivity contribution in [3.63, 3.8) is 0 Å². The maximum absolute atomic E-state index is 5.69. The van der Waals surface area contributed by atoms with Gasteiger partial charge in [-0.25, -0.2) is 0 Å². The Balaban J connectivity index is 2.64. The van der Waals surface area contributed by atoms with Crippen molar-refractivity contribution in [1.29, 1.82) is 0 Å². The van der Waals surface area contributed by atoms with Crippen LogP contribution in [-0.2, 0) is 16.9 Å². The van der Waals surface area contributed by atoms with Crippen LogP contribution >= 0.6 is 0 Å². The molecule has 0 unspecified atom stereocenters. The van der Waals surface area contributed by atoms with Gasteiger partial charge < -0.3 is 4.74 Å². The molecule has 1 heterocycles. The largest absolute Gasteiger partial charge is 0.366 e. The predicted molar refractivity (Wildman–Crippen MR) is 49.0 cm³/mol. The lowest BCUT2D eigenvalue weighted by Gasteiger charge is -2.20. The van der Waals surface area contributed by atoms with E-state index in [0.29, 0.717) is 0 Å². The Morgan fingerprint density at radius 3 is 2.75 bits per heavy atom. The van der Waals surface area contributed by atoms with E-state index in [0.717, 1.165) is 6.61 Å². The third kappa shape index (κ3) is 0.969. The van der Waals surface area contributed by atoms with Crippen LogP contribution in [0.4, 0.5) is 0 Å². The van der Waals surface area contributed by atoms with Crippen molar-refractivity contribution >= 4 is 0 Å².